The number of rotatable bonds is 2. The molecule has 2 aliphatic rings. The first-order chi connectivity index (χ1) is 8.07. The molecule has 0 amide bonds. The molecule has 1 aromatic rings. The Balaban J connectivity index is 1.88. The summed E-state index contributed by atoms with van der Waals surface area (Å²) in [5.41, 5.74) is 3.74. The molecule has 0 bridgehead atoms. The fourth-order valence-electron chi connectivity index (χ4n) is 2.45. The van der Waals surface area contributed by atoms with E-state index in [0.717, 1.165) is 19.3 Å². The van der Waals surface area contributed by atoms with E-state index in [1.54, 1.807) is 4.31 Å². The average Bonchev–Trinajstić information content (AvgIpc) is 3.12. The third kappa shape index (κ3) is 2.00. The fourth-order valence-corrected chi connectivity index (χ4v) is 4.27. The largest absolute Gasteiger partial charge is 0.217 e. The SMILES string of the molecule is Cc1ccc2c(c1)CCN(S(=O)(=O)C1CC1)C2. The molecule has 1 fully saturated rings. The van der Waals surface area contributed by atoms with Crippen molar-refractivity contribution in [1.82, 2.24) is 4.31 Å². The van der Waals surface area contributed by atoms with Crippen LogP contribution in [0.1, 0.15) is 29.5 Å². The lowest BCUT2D eigenvalue weighted by Gasteiger charge is -2.28. The summed E-state index contributed by atoms with van der Waals surface area (Å²) < 4.78 is 26.0. The van der Waals surface area contributed by atoms with Crippen LogP contribution in [0.5, 0.6) is 0 Å². The zero-order valence-corrected chi connectivity index (χ0v) is 10.8. The number of aryl methyl sites for hydroxylation is 1. The molecular formula is C13H17NO2S. The maximum absolute atomic E-state index is 12.2. The lowest BCUT2D eigenvalue weighted by atomic mass is 9.99. The van der Waals surface area contributed by atoms with E-state index in [0.29, 0.717) is 13.1 Å². The average molecular weight is 251 g/mol. The standard InChI is InChI=1S/C13H17NO2S/c1-10-2-3-12-9-14(7-6-11(12)8-10)17(15,16)13-4-5-13/h2-3,8,13H,4-7,9H2,1H3. The summed E-state index contributed by atoms with van der Waals surface area (Å²) in [6.45, 7) is 3.29. The van der Waals surface area contributed by atoms with Gasteiger partial charge in [0.1, 0.15) is 0 Å². The van der Waals surface area contributed by atoms with Gasteiger partial charge in [0.15, 0.2) is 0 Å². The Hall–Kier alpha value is -0.870. The molecule has 1 saturated carbocycles. The van der Waals surface area contributed by atoms with E-state index in [2.05, 4.69) is 25.1 Å². The van der Waals surface area contributed by atoms with Crippen LogP contribution in [0.25, 0.3) is 0 Å². The van der Waals surface area contributed by atoms with Crippen LogP contribution in [0.15, 0.2) is 18.2 Å². The zero-order valence-electron chi connectivity index (χ0n) is 10.0. The van der Waals surface area contributed by atoms with Gasteiger partial charge in [-0.3, -0.25) is 0 Å². The minimum Gasteiger partial charge on any atom is -0.212 e. The highest BCUT2D eigenvalue weighted by Gasteiger charge is 2.40. The Bertz CT molecular complexity index is 547. The molecule has 1 heterocycles. The number of hydrogen-bond donors (Lipinski definition) is 0. The van der Waals surface area contributed by atoms with Gasteiger partial charge < -0.3 is 0 Å². The molecule has 0 aromatic heterocycles. The highest BCUT2D eigenvalue weighted by molar-refractivity contribution is 7.90. The Morgan fingerprint density at radius 3 is 2.71 bits per heavy atom. The summed E-state index contributed by atoms with van der Waals surface area (Å²) >= 11 is 0. The van der Waals surface area contributed by atoms with Crippen LogP contribution in [-0.2, 0) is 23.0 Å². The number of sulfonamides is 1. The topological polar surface area (TPSA) is 37.4 Å². The van der Waals surface area contributed by atoms with Gasteiger partial charge in [-0.05, 0) is 37.3 Å². The summed E-state index contributed by atoms with van der Waals surface area (Å²) in [5.74, 6) is 0. The van der Waals surface area contributed by atoms with Crippen LogP contribution >= 0.6 is 0 Å². The zero-order chi connectivity index (χ0) is 12.0. The van der Waals surface area contributed by atoms with Crippen LogP contribution in [0.3, 0.4) is 0 Å². The molecule has 0 radical (unpaired) electrons. The first kappa shape index (κ1) is 11.2. The molecule has 0 atom stereocenters. The first-order valence-electron chi connectivity index (χ1n) is 6.15. The number of fused-ring (bicyclic) bond motifs is 1. The second kappa shape index (κ2) is 3.82. The van der Waals surface area contributed by atoms with E-state index >= 15 is 0 Å². The van der Waals surface area contributed by atoms with Crippen molar-refractivity contribution in [3.63, 3.8) is 0 Å². The van der Waals surface area contributed by atoms with Crippen LogP contribution < -0.4 is 0 Å². The molecule has 0 saturated heterocycles. The monoisotopic (exact) mass is 251 g/mol. The molecule has 1 aliphatic heterocycles. The van der Waals surface area contributed by atoms with Gasteiger partial charge >= 0.3 is 0 Å². The van der Waals surface area contributed by atoms with E-state index in [9.17, 15) is 8.42 Å². The Labute approximate surface area is 102 Å². The van der Waals surface area contributed by atoms with Crippen molar-refractivity contribution in [1.29, 1.82) is 0 Å². The summed E-state index contributed by atoms with van der Waals surface area (Å²) in [7, 11) is -3.01. The van der Waals surface area contributed by atoms with Crippen LogP contribution in [0, 0.1) is 6.92 Å². The predicted molar refractivity (Wildman–Crippen MR) is 67.2 cm³/mol. The third-order valence-corrected chi connectivity index (χ3v) is 5.99. The van der Waals surface area contributed by atoms with Gasteiger partial charge in [-0.15, -0.1) is 0 Å². The molecule has 92 valence electrons. The molecule has 1 aromatic carbocycles. The van der Waals surface area contributed by atoms with Gasteiger partial charge in [0, 0.05) is 13.1 Å². The maximum atomic E-state index is 12.2. The molecule has 0 N–H and O–H groups in total. The highest BCUT2D eigenvalue weighted by Crippen LogP contribution is 2.33. The maximum Gasteiger partial charge on any atom is 0.217 e. The normalized spacial score (nSPS) is 21.2. The van der Waals surface area contributed by atoms with Crippen LogP contribution in [0.4, 0.5) is 0 Å². The summed E-state index contributed by atoms with van der Waals surface area (Å²) in [5, 5.41) is -0.0884. The van der Waals surface area contributed by atoms with Crippen LogP contribution in [0.2, 0.25) is 0 Å². The predicted octanol–water partition coefficient (Wildman–Crippen LogP) is 1.85. The molecule has 4 heteroatoms. The van der Waals surface area contributed by atoms with E-state index in [4.69, 9.17) is 0 Å². The molecule has 3 rings (SSSR count). The Morgan fingerprint density at radius 2 is 2.00 bits per heavy atom. The number of nitrogens with zero attached hydrogens (tertiary/aromatic N) is 1. The summed E-state index contributed by atoms with van der Waals surface area (Å²) in [6, 6.07) is 6.31. The molecule has 0 spiro atoms. The van der Waals surface area contributed by atoms with Gasteiger partial charge in [-0.25, -0.2) is 8.42 Å². The van der Waals surface area contributed by atoms with E-state index in [1.807, 2.05) is 0 Å². The smallest absolute Gasteiger partial charge is 0.212 e. The van der Waals surface area contributed by atoms with Crippen molar-refractivity contribution in [2.45, 2.75) is 38.0 Å². The summed E-state index contributed by atoms with van der Waals surface area (Å²) in [6.07, 6.45) is 2.54. The lowest BCUT2D eigenvalue weighted by Crippen LogP contribution is -2.38. The minimum absolute atomic E-state index is 0.0884. The van der Waals surface area contributed by atoms with Crippen molar-refractivity contribution >= 4 is 10.0 Å². The first-order valence-corrected chi connectivity index (χ1v) is 7.65. The van der Waals surface area contributed by atoms with Crippen LogP contribution in [-0.4, -0.2) is 24.5 Å². The van der Waals surface area contributed by atoms with Gasteiger partial charge in [-0.2, -0.15) is 4.31 Å². The quantitative estimate of drug-likeness (QED) is 0.804. The molecule has 17 heavy (non-hydrogen) atoms. The second-order valence-corrected chi connectivity index (χ2v) is 7.31. The van der Waals surface area contributed by atoms with Gasteiger partial charge in [0.2, 0.25) is 10.0 Å². The Kier molecular flexibility index (Phi) is 2.52. The molecular weight excluding hydrogens is 234 g/mol. The highest BCUT2D eigenvalue weighted by atomic mass is 32.2. The molecule has 1 aliphatic carbocycles. The minimum atomic E-state index is -3.01. The van der Waals surface area contributed by atoms with Crippen molar-refractivity contribution in [2.75, 3.05) is 6.54 Å². The molecule has 3 nitrogen and oxygen atoms in total. The van der Waals surface area contributed by atoms with Crippen molar-refractivity contribution in [3.05, 3.63) is 34.9 Å². The van der Waals surface area contributed by atoms with E-state index in [1.165, 1.54) is 16.7 Å². The van der Waals surface area contributed by atoms with Gasteiger partial charge in [-0.1, -0.05) is 23.8 Å². The molecule has 0 unspecified atom stereocenters. The fraction of sp³-hybridized carbons (Fsp3) is 0.538. The number of benzene rings is 1. The Morgan fingerprint density at radius 1 is 1.24 bits per heavy atom. The van der Waals surface area contributed by atoms with Crippen molar-refractivity contribution in [2.24, 2.45) is 0 Å². The van der Waals surface area contributed by atoms with Crippen molar-refractivity contribution in [3.8, 4) is 0 Å². The van der Waals surface area contributed by atoms with Gasteiger partial charge in [0.25, 0.3) is 0 Å². The van der Waals surface area contributed by atoms with E-state index in [-0.39, 0.29) is 5.25 Å². The second-order valence-electron chi connectivity index (χ2n) is 5.10. The van der Waals surface area contributed by atoms with Crippen molar-refractivity contribution < 1.29 is 8.42 Å². The lowest BCUT2D eigenvalue weighted by molar-refractivity contribution is 0.390. The van der Waals surface area contributed by atoms with Gasteiger partial charge in [0.05, 0.1) is 5.25 Å². The summed E-state index contributed by atoms with van der Waals surface area (Å²) in [4.78, 5) is 0. The van der Waals surface area contributed by atoms with E-state index < -0.39 is 10.0 Å². The number of hydrogen-bond acceptors (Lipinski definition) is 2. The third-order valence-electron chi connectivity index (χ3n) is 3.64.